The van der Waals surface area contributed by atoms with Crippen molar-refractivity contribution in [3.63, 3.8) is 0 Å². The maximum absolute atomic E-state index is 9.71. The highest BCUT2D eigenvalue weighted by atomic mass is 16.5. The molecule has 0 heterocycles. The molecule has 0 spiro atoms. The van der Waals surface area contributed by atoms with E-state index in [0.29, 0.717) is 12.5 Å². The van der Waals surface area contributed by atoms with Gasteiger partial charge in [-0.3, -0.25) is 0 Å². The molecule has 1 N–H and O–H groups in total. The molecule has 0 radical (unpaired) electrons. The molecule has 0 aromatic carbocycles. The fourth-order valence-corrected chi connectivity index (χ4v) is 2.82. The first-order chi connectivity index (χ1) is 8.76. The molecule has 114 valence electrons. The van der Waals surface area contributed by atoms with Gasteiger partial charge in [-0.2, -0.15) is 0 Å². The molecule has 2 unspecified atom stereocenters. The van der Waals surface area contributed by atoms with Crippen LogP contribution in [-0.2, 0) is 4.74 Å². The van der Waals surface area contributed by atoms with Gasteiger partial charge in [-0.1, -0.05) is 46.1 Å². The summed E-state index contributed by atoms with van der Waals surface area (Å²) in [5.74, 6) is 0.521. The molecular weight excluding hydrogens is 236 g/mol. The summed E-state index contributed by atoms with van der Waals surface area (Å²) in [6.07, 6.45) is 4.96. The lowest BCUT2D eigenvalue weighted by molar-refractivity contribution is 0.0131. The van der Waals surface area contributed by atoms with Crippen LogP contribution in [0.5, 0.6) is 0 Å². The standard InChI is InChI=1S/C17H34O2/c1-7-8-9-16(18)13-19-12-15(4)11-17(5,6)10-14(2)3/h15-16,18H,2,7-13H2,1,3-6H3. The molecular formula is C17H34O2. The number of ether oxygens (including phenoxy) is 1. The first kappa shape index (κ1) is 18.7. The molecule has 0 bridgehead atoms. The van der Waals surface area contributed by atoms with Crippen molar-refractivity contribution in [3.05, 3.63) is 12.2 Å². The summed E-state index contributed by atoms with van der Waals surface area (Å²) in [4.78, 5) is 0. The van der Waals surface area contributed by atoms with E-state index in [9.17, 15) is 5.11 Å². The maximum atomic E-state index is 9.71. The van der Waals surface area contributed by atoms with E-state index in [1.807, 2.05) is 0 Å². The molecule has 0 aromatic heterocycles. The van der Waals surface area contributed by atoms with E-state index in [4.69, 9.17) is 4.74 Å². The van der Waals surface area contributed by atoms with Crippen LogP contribution >= 0.6 is 0 Å². The topological polar surface area (TPSA) is 29.5 Å². The second-order valence-electron chi connectivity index (χ2n) is 6.94. The first-order valence-electron chi connectivity index (χ1n) is 7.67. The van der Waals surface area contributed by atoms with Crippen molar-refractivity contribution >= 4 is 0 Å². The molecule has 0 rings (SSSR count). The lowest BCUT2D eigenvalue weighted by Gasteiger charge is -2.28. The Morgan fingerprint density at radius 3 is 2.47 bits per heavy atom. The minimum Gasteiger partial charge on any atom is -0.391 e. The van der Waals surface area contributed by atoms with Crippen molar-refractivity contribution in [2.75, 3.05) is 13.2 Å². The van der Waals surface area contributed by atoms with E-state index in [1.54, 1.807) is 0 Å². The van der Waals surface area contributed by atoms with Crippen LogP contribution in [0.3, 0.4) is 0 Å². The van der Waals surface area contributed by atoms with E-state index in [0.717, 1.165) is 38.7 Å². The fraction of sp³-hybridized carbons (Fsp3) is 0.882. The molecule has 0 aliphatic carbocycles. The van der Waals surface area contributed by atoms with Gasteiger partial charge in [0.1, 0.15) is 0 Å². The molecule has 2 heteroatoms. The van der Waals surface area contributed by atoms with Gasteiger partial charge in [0.25, 0.3) is 0 Å². The van der Waals surface area contributed by atoms with Crippen molar-refractivity contribution in [1.82, 2.24) is 0 Å². The van der Waals surface area contributed by atoms with Gasteiger partial charge in [-0.25, -0.2) is 0 Å². The molecule has 0 amide bonds. The third-order valence-electron chi connectivity index (χ3n) is 3.28. The van der Waals surface area contributed by atoms with Crippen LogP contribution < -0.4 is 0 Å². The third kappa shape index (κ3) is 11.2. The van der Waals surface area contributed by atoms with Gasteiger partial charge in [-0.15, -0.1) is 6.58 Å². The minimum atomic E-state index is -0.296. The maximum Gasteiger partial charge on any atom is 0.0773 e. The van der Waals surface area contributed by atoms with Crippen LogP contribution in [-0.4, -0.2) is 24.4 Å². The predicted octanol–water partition coefficient (Wildman–Crippen LogP) is 4.57. The van der Waals surface area contributed by atoms with Crippen LogP contribution in [0.15, 0.2) is 12.2 Å². The van der Waals surface area contributed by atoms with Crippen LogP contribution in [0.2, 0.25) is 0 Å². The number of allylic oxidation sites excluding steroid dienone is 1. The number of hydrogen-bond donors (Lipinski definition) is 1. The molecule has 0 aliphatic rings. The smallest absolute Gasteiger partial charge is 0.0773 e. The Morgan fingerprint density at radius 1 is 1.32 bits per heavy atom. The van der Waals surface area contributed by atoms with E-state index >= 15 is 0 Å². The van der Waals surface area contributed by atoms with Gasteiger partial charge in [0, 0.05) is 6.61 Å². The molecule has 2 atom stereocenters. The Hall–Kier alpha value is -0.340. The number of hydrogen-bond acceptors (Lipinski definition) is 2. The van der Waals surface area contributed by atoms with Crippen LogP contribution in [0.25, 0.3) is 0 Å². The number of aliphatic hydroxyl groups is 1. The SMILES string of the molecule is C=C(C)CC(C)(C)CC(C)COCC(O)CCCC. The Balaban J connectivity index is 3.80. The predicted molar refractivity (Wildman–Crippen MR) is 83.3 cm³/mol. The summed E-state index contributed by atoms with van der Waals surface area (Å²) in [7, 11) is 0. The third-order valence-corrected chi connectivity index (χ3v) is 3.28. The summed E-state index contributed by atoms with van der Waals surface area (Å²) in [6.45, 7) is 16.2. The number of unbranched alkanes of at least 4 members (excludes halogenated alkanes) is 1. The van der Waals surface area contributed by atoms with Gasteiger partial charge in [0.15, 0.2) is 0 Å². The Bertz CT molecular complexity index is 246. The lowest BCUT2D eigenvalue weighted by atomic mass is 9.79. The van der Waals surface area contributed by atoms with E-state index in [2.05, 4.69) is 41.2 Å². The second-order valence-corrected chi connectivity index (χ2v) is 6.94. The van der Waals surface area contributed by atoms with Crippen molar-refractivity contribution in [1.29, 1.82) is 0 Å². The monoisotopic (exact) mass is 270 g/mol. The van der Waals surface area contributed by atoms with Gasteiger partial charge in [0.05, 0.1) is 12.7 Å². The Kier molecular flexibility index (Phi) is 9.38. The van der Waals surface area contributed by atoms with Crippen LogP contribution in [0.1, 0.15) is 66.7 Å². The van der Waals surface area contributed by atoms with E-state index < -0.39 is 0 Å². The molecule has 0 aromatic rings. The Morgan fingerprint density at radius 2 is 1.95 bits per heavy atom. The van der Waals surface area contributed by atoms with Crippen molar-refractivity contribution < 1.29 is 9.84 Å². The average Bonchev–Trinajstić information content (AvgIpc) is 2.23. The average molecular weight is 270 g/mol. The van der Waals surface area contributed by atoms with Gasteiger partial charge in [0.2, 0.25) is 0 Å². The normalized spacial score (nSPS) is 15.3. The summed E-state index contributed by atoms with van der Waals surface area (Å²) in [5, 5.41) is 9.71. The molecule has 0 aliphatic heterocycles. The van der Waals surface area contributed by atoms with Gasteiger partial charge in [-0.05, 0) is 37.5 Å². The lowest BCUT2D eigenvalue weighted by Crippen LogP contribution is -2.22. The molecule has 19 heavy (non-hydrogen) atoms. The number of rotatable bonds is 11. The highest BCUT2D eigenvalue weighted by molar-refractivity contribution is 4.94. The molecule has 0 fully saturated rings. The summed E-state index contributed by atoms with van der Waals surface area (Å²) in [6, 6.07) is 0. The van der Waals surface area contributed by atoms with Crippen LogP contribution in [0, 0.1) is 11.3 Å². The minimum absolute atomic E-state index is 0.287. The molecule has 2 nitrogen and oxygen atoms in total. The molecule has 0 saturated heterocycles. The van der Waals surface area contributed by atoms with Crippen molar-refractivity contribution in [2.24, 2.45) is 11.3 Å². The quantitative estimate of drug-likeness (QED) is 0.557. The highest BCUT2D eigenvalue weighted by Gasteiger charge is 2.21. The van der Waals surface area contributed by atoms with E-state index in [1.165, 1.54) is 5.57 Å². The summed E-state index contributed by atoms with van der Waals surface area (Å²) in [5.41, 5.74) is 1.53. The summed E-state index contributed by atoms with van der Waals surface area (Å²) >= 11 is 0. The van der Waals surface area contributed by atoms with Crippen molar-refractivity contribution in [3.8, 4) is 0 Å². The Labute approximate surface area is 120 Å². The number of aliphatic hydroxyl groups excluding tert-OH is 1. The zero-order chi connectivity index (χ0) is 14.9. The van der Waals surface area contributed by atoms with Crippen molar-refractivity contribution in [2.45, 2.75) is 72.8 Å². The fourth-order valence-electron chi connectivity index (χ4n) is 2.82. The van der Waals surface area contributed by atoms with Gasteiger partial charge < -0.3 is 9.84 Å². The zero-order valence-electron chi connectivity index (χ0n) is 13.7. The van der Waals surface area contributed by atoms with Crippen LogP contribution in [0.4, 0.5) is 0 Å². The second kappa shape index (κ2) is 9.55. The molecule has 0 saturated carbocycles. The largest absolute Gasteiger partial charge is 0.391 e. The summed E-state index contributed by atoms with van der Waals surface area (Å²) < 4.78 is 5.63. The van der Waals surface area contributed by atoms with Gasteiger partial charge >= 0.3 is 0 Å². The van der Waals surface area contributed by atoms with E-state index in [-0.39, 0.29) is 11.5 Å². The highest BCUT2D eigenvalue weighted by Crippen LogP contribution is 2.31. The first-order valence-corrected chi connectivity index (χ1v) is 7.67. The zero-order valence-corrected chi connectivity index (χ0v) is 13.7.